The lowest BCUT2D eigenvalue weighted by molar-refractivity contribution is 0.388. The zero-order chi connectivity index (χ0) is 15.2. The molecular formula is C15H22N2O2S. The third kappa shape index (κ3) is 4.34. The minimum absolute atomic E-state index is 0.231. The summed E-state index contributed by atoms with van der Waals surface area (Å²) in [6.45, 7) is 6.09. The van der Waals surface area contributed by atoms with Gasteiger partial charge in [0.1, 0.15) is 0 Å². The topological polar surface area (TPSA) is 72.2 Å². The first kappa shape index (κ1) is 16.7. The first-order chi connectivity index (χ1) is 9.37. The quantitative estimate of drug-likeness (QED) is 0.814. The van der Waals surface area contributed by atoms with E-state index in [2.05, 4.69) is 16.6 Å². The van der Waals surface area contributed by atoms with E-state index in [1.165, 1.54) is 0 Å². The number of nitrogens with two attached hydrogens (primary N) is 1. The fourth-order valence-electron chi connectivity index (χ4n) is 1.67. The lowest BCUT2D eigenvalue weighted by Gasteiger charge is -2.27. The maximum atomic E-state index is 12.4. The van der Waals surface area contributed by atoms with Gasteiger partial charge in [-0.25, -0.2) is 13.1 Å². The summed E-state index contributed by atoms with van der Waals surface area (Å²) in [7, 11) is -3.54. The van der Waals surface area contributed by atoms with Gasteiger partial charge in [0.25, 0.3) is 0 Å². The van der Waals surface area contributed by atoms with Crippen LogP contribution in [-0.2, 0) is 10.0 Å². The molecule has 0 unspecified atom stereocenters. The number of rotatable bonds is 5. The fourth-order valence-corrected chi connectivity index (χ4v) is 3.27. The highest BCUT2D eigenvalue weighted by Crippen LogP contribution is 2.19. The van der Waals surface area contributed by atoms with Crippen molar-refractivity contribution in [3.8, 4) is 11.8 Å². The molecule has 3 N–H and O–H groups in total. The summed E-state index contributed by atoms with van der Waals surface area (Å²) >= 11 is 0. The van der Waals surface area contributed by atoms with Gasteiger partial charge in [0.15, 0.2) is 0 Å². The smallest absolute Gasteiger partial charge is 0.241 e. The van der Waals surface area contributed by atoms with E-state index in [0.717, 1.165) is 12.8 Å². The summed E-state index contributed by atoms with van der Waals surface area (Å²) in [6, 6.07) is 6.59. The summed E-state index contributed by atoms with van der Waals surface area (Å²) < 4.78 is 27.6. The van der Waals surface area contributed by atoms with Crippen molar-refractivity contribution >= 4 is 10.0 Å². The molecule has 0 saturated heterocycles. The second kappa shape index (κ2) is 6.89. The van der Waals surface area contributed by atoms with E-state index in [0.29, 0.717) is 5.56 Å². The molecule has 20 heavy (non-hydrogen) atoms. The van der Waals surface area contributed by atoms with Crippen molar-refractivity contribution in [3.05, 3.63) is 29.8 Å². The lowest BCUT2D eigenvalue weighted by atomic mass is 9.98. The molecule has 1 rings (SSSR count). The standard InChI is InChI=1S/C15H22N2O2S/c1-4-15(3,5-2)17-20(18,19)14-10-6-8-13(12-14)9-7-11-16/h6,8,10,12,17H,4-5,11,16H2,1-3H3. The summed E-state index contributed by atoms with van der Waals surface area (Å²) in [4.78, 5) is 0.231. The molecular weight excluding hydrogens is 272 g/mol. The predicted molar refractivity (Wildman–Crippen MR) is 81.7 cm³/mol. The van der Waals surface area contributed by atoms with Crippen molar-refractivity contribution < 1.29 is 8.42 Å². The van der Waals surface area contributed by atoms with Crippen LogP contribution in [0.3, 0.4) is 0 Å². The van der Waals surface area contributed by atoms with Gasteiger partial charge in [0.2, 0.25) is 10.0 Å². The Bertz CT molecular complexity index is 608. The van der Waals surface area contributed by atoms with Crippen molar-refractivity contribution in [2.75, 3.05) is 6.54 Å². The molecule has 1 aromatic carbocycles. The van der Waals surface area contributed by atoms with E-state index in [9.17, 15) is 8.42 Å². The Kier molecular flexibility index (Phi) is 5.75. The van der Waals surface area contributed by atoms with Crippen molar-refractivity contribution in [2.45, 2.75) is 44.0 Å². The molecule has 1 aromatic rings. The average Bonchev–Trinajstić information content (AvgIpc) is 2.45. The molecule has 0 fully saturated rings. The van der Waals surface area contributed by atoms with Crippen LogP contribution in [0.5, 0.6) is 0 Å². The zero-order valence-electron chi connectivity index (χ0n) is 12.2. The van der Waals surface area contributed by atoms with Crippen LogP contribution in [0.15, 0.2) is 29.2 Å². The van der Waals surface area contributed by atoms with Gasteiger partial charge in [0.05, 0.1) is 11.4 Å². The minimum Gasteiger partial charge on any atom is -0.320 e. The van der Waals surface area contributed by atoms with Crippen LogP contribution in [-0.4, -0.2) is 20.5 Å². The summed E-state index contributed by atoms with van der Waals surface area (Å²) in [5, 5.41) is 0. The second-order valence-electron chi connectivity index (χ2n) is 4.91. The maximum Gasteiger partial charge on any atom is 0.241 e. The van der Waals surface area contributed by atoms with E-state index >= 15 is 0 Å². The highest BCUT2D eigenvalue weighted by Gasteiger charge is 2.27. The zero-order valence-corrected chi connectivity index (χ0v) is 13.0. The molecule has 5 heteroatoms. The molecule has 0 aliphatic rings. The van der Waals surface area contributed by atoms with Crippen molar-refractivity contribution in [1.82, 2.24) is 4.72 Å². The van der Waals surface area contributed by atoms with E-state index in [1.807, 2.05) is 20.8 Å². The van der Waals surface area contributed by atoms with Crippen LogP contribution >= 0.6 is 0 Å². The molecule has 0 amide bonds. The Labute approximate surface area is 121 Å². The van der Waals surface area contributed by atoms with Gasteiger partial charge in [-0.1, -0.05) is 31.8 Å². The van der Waals surface area contributed by atoms with Gasteiger partial charge in [-0.3, -0.25) is 0 Å². The van der Waals surface area contributed by atoms with Gasteiger partial charge in [-0.05, 0) is 38.0 Å². The lowest BCUT2D eigenvalue weighted by Crippen LogP contribution is -2.44. The van der Waals surface area contributed by atoms with Gasteiger partial charge in [0, 0.05) is 11.1 Å². The largest absolute Gasteiger partial charge is 0.320 e. The van der Waals surface area contributed by atoms with Crippen molar-refractivity contribution in [2.24, 2.45) is 5.73 Å². The Morgan fingerprint density at radius 1 is 1.30 bits per heavy atom. The van der Waals surface area contributed by atoms with E-state index < -0.39 is 15.6 Å². The van der Waals surface area contributed by atoms with E-state index in [1.54, 1.807) is 24.3 Å². The Hall–Kier alpha value is -1.35. The normalized spacial score (nSPS) is 11.8. The first-order valence-corrected chi connectivity index (χ1v) is 8.18. The number of hydrogen-bond donors (Lipinski definition) is 2. The van der Waals surface area contributed by atoms with Crippen LogP contribution in [0.4, 0.5) is 0 Å². The van der Waals surface area contributed by atoms with Gasteiger partial charge in [-0.2, -0.15) is 0 Å². The SMILES string of the molecule is CCC(C)(CC)NS(=O)(=O)c1cccc(C#CCN)c1. The monoisotopic (exact) mass is 294 g/mol. The molecule has 0 atom stereocenters. The Morgan fingerprint density at radius 2 is 1.95 bits per heavy atom. The molecule has 0 heterocycles. The van der Waals surface area contributed by atoms with Gasteiger partial charge in [-0.15, -0.1) is 0 Å². The van der Waals surface area contributed by atoms with Crippen LogP contribution in [0.2, 0.25) is 0 Å². The average molecular weight is 294 g/mol. The fraction of sp³-hybridized carbons (Fsp3) is 0.467. The van der Waals surface area contributed by atoms with Gasteiger partial charge >= 0.3 is 0 Å². The van der Waals surface area contributed by atoms with E-state index in [-0.39, 0.29) is 11.4 Å². The summed E-state index contributed by atoms with van der Waals surface area (Å²) in [5.74, 6) is 5.56. The molecule has 0 spiro atoms. The van der Waals surface area contributed by atoms with E-state index in [4.69, 9.17) is 5.73 Å². The van der Waals surface area contributed by atoms with Crippen LogP contribution in [0.1, 0.15) is 39.2 Å². The van der Waals surface area contributed by atoms with Crippen molar-refractivity contribution in [3.63, 3.8) is 0 Å². The first-order valence-electron chi connectivity index (χ1n) is 6.70. The number of nitrogens with one attached hydrogen (secondary N) is 1. The summed E-state index contributed by atoms with van der Waals surface area (Å²) in [6.07, 6.45) is 1.46. The Morgan fingerprint density at radius 3 is 2.50 bits per heavy atom. The Balaban J connectivity index is 3.10. The highest BCUT2D eigenvalue weighted by atomic mass is 32.2. The molecule has 0 radical (unpaired) electrons. The second-order valence-corrected chi connectivity index (χ2v) is 6.59. The molecule has 0 aromatic heterocycles. The molecule has 0 saturated carbocycles. The van der Waals surface area contributed by atoms with Crippen LogP contribution in [0, 0.1) is 11.8 Å². The third-order valence-electron chi connectivity index (χ3n) is 3.42. The molecule has 0 aliphatic carbocycles. The highest BCUT2D eigenvalue weighted by molar-refractivity contribution is 7.89. The van der Waals surface area contributed by atoms with Crippen LogP contribution < -0.4 is 10.5 Å². The molecule has 0 aliphatic heterocycles. The summed E-state index contributed by atoms with van der Waals surface area (Å²) in [5.41, 5.74) is 5.53. The van der Waals surface area contributed by atoms with Crippen LogP contribution in [0.25, 0.3) is 0 Å². The molecule has 110 valence electrons. The number of benzene rings is 1. The third-order valence-corrected chi connectivity index (χ3v) is 5.06. The predicted octanol–water partition coefficient (Wildman–Crippen LogP) is 1.85. The molecule has 0 bridgehead atoms. The van der Waals surface area contributed by atoms with Crippen molar-refractivity contribution in [1.29, 1.82) is 0 Å². The molecule has 4 nitrogen and oxygen atoms in total. The number of sulfonamides is 1. The minimum atomic E-state index is -3.54. The van der Waals surface area contributed by atoms with Gasteiger partial charge < -0.3 is 5.73 Å². The number of hydrogen-bond acceptors (Lipinski definition) is 3. The maximum absolute atomic E-state index is 12.4.